The average molecular weight is 508 g/mol. The summed E-state index contributed by atoms with van der Waals surface area (Å²) in [4.78, 5) is 6.21. The highest BCUT2D eigenvalue weighted by atomic mass is 35.5. The van der Waals surface area contributed by atoms with Gasteiger partial charge in [-0.05, 0) is 54.8 Å². The summed E-state index contributed by atoms with van der Waals surface area (Å²) in [5.74, 6) is 0.637. The van der Waals surface area contributed by atoms with E-state index in [1.165, 1.54) is 10.8 Å². The van der Waals surface area contributed by atoms with Crippen molar-refractivity contribution in [3.8, 4) is 11.4 Å². The number of benzene rings is 2. The molecule has 2 heterocycles. The van der Waals surface area contributed by atoms with Crippen LogP contribution in [0.15, 0.2) is 53.9 Å². The number of fused-ring (bicyclic) bond motifs is 1. The highest BCUT2D eigenvalue weighted by molar-refractivity contribution is 7.90. The van der Waals surface area contributed by atoms with E-state index in [4.69, 9.17) is 27.9 Å². The summed E-state index contributed by atoms with van der Waals surface area (Å²) in [7, 11) is -3.46. The zero-order chi connectivity index (χ0) is 23.3. The topological polar surface area (TPSA) is 84.7 Å². The van der Waals surface area contributed by atoms with Crippen molar-refractivity contribution >= 4 is 33.0 Å². The van der Waals surface area contributed by atoms with Crippen LogP contribution in [-0.2, 0) is 16.3 Å². The van der Waals surface area contributed by atoms with Gasteiger partial charge in [0.2, 0.25) is 15.0 Å². The molecule has 1 saturated heterocycles. The molecule has 5 rings (SSSR count). The van der Waals surface area contributed by atoms with Crippen LogP contribution < -0.4 is 4.74 Å². The number of aliphatic hydroxyl groups excluding tert-OH is 1. The van der Waals surface area contributed by atoms with Crippen molar-refractivity contribution in [2.75, 3.05) is 19.3 Å². The van der Waals surface area contributed by atoms with Gasteiger partial charge < -0.3 is 9.84 Å². The molecule has 2 aromatic carbocycles. The second-order valence-electron chi connectivity index (χ2n) is 8.55. The number of halogens is 2. The Kier molecular flexibility index (Phi) is 5.91. The van der Waals surface area contributed by atoms with Gasteiger partial charge >= 0.3 is 0 Å². The first-order valence-corrected chi connectivity index (χ1v) is 13.3. The van der Waals surface area contributed by atoms with Gasteiger partial charge in [0.05, 0.1) is 12.1 Å². The van der Waals surface area contributed by atoms with Crippen molar-refractivity contribution in [2.24, 2.45) is 0 Å². The number of aliphatic hydroxyl groups is 1. The Morgan fingerprint density at radius 3 is 2.61 bits per heavy atom. The number of nitrogens with zero attached hydrogens (tertiary/aromatic N) is 3. The molecule has 0 spiro atoms. The van der Waals surface area contributed by atoms with Crippen molar-refractivity contribution < 1.29 is 18.3 Å². The molecule has 3 aromatic rings. The smallest absolute Gasteiger partial charge is 0.231 e. The molecule has 1 aromatic heterocycles. The minimum absolute atomic E-state index is 0.0159. The minimum Gasteiger partial charge on any atom is -0.484 e. The third-order valence-corrected chi connectivity index (χ3v) is 7.77. The van der Waals surface area contributed by atoms with Crippen molar-refractivity contribution in [2.45, 2.75) is 36.2 Å². The van der Waals surface area contributed by atoms with E-state index in [9.17, 15) is 13.5 Å². The predicted molar refractivity (Wildman–Crippen MR) is 126 cm³/mol. The van der Waals surface area contributed by atoms with Crippen LogP contribution in [0.4, 0.5) is 0 Å². The molecule has 0 saturated carbocycles. The molecule has 1 fully saturated rings. The molecule has 0 bridgehead atoms. The van der Waals surface area contributed by atoms with E-state index in [2.05, 4.69) is 9.88 Å². The summed E-state index contributed by atoms with van der Waals surface area (Å²) in [5, 5.41) is 11.2. The van der Waals surface area contributed by atoms with E-state index in [0.717, 1.165) is 30.3 Å². The van der Waals surface area contributed by atoms with Crippen LogP contribution in [0.2, 0.25) is 10.0 Å². The lowest BCUT2D eigenvalue weighted by atomic mass is 10.1. The molecule has 1 N–H and O–H groups in total. The Morgan fingerprint density at radius 2 is 1.94 bits per heavy atom. The summed E-state index contributed by atoms with van der Waals surface area (Å²) in [6, 6.07) is 10.9. The molecule has 10 heteroatoms. The van der Waals surface area contributed by atoms with Gasteiger partial charge in [0.25, 0.3) is 0 Å². The van der Waals surface area contributed by atoms with Crippen LogP contribution in [0.25, 0.3) is 5.69 Å². The third-order valence-electron chi connectivity index (χ3n) is 6.24. The fourth-order valence-corrected chi connectivity index (χ4v) is 6.10. The van der Waals surface area contributed by atoms with Crippen LogP contribution in [0.1, 0.15) is 23.7 Å². The standard InChI is InChI=1S/C23H23Cl2N3O4S/c1-33(30,31)23-26-7-9-28(23)15-2-4-17(5-3-15)32-22-19-10-14(24)11-20(25)18(19)12-21(22)27-8-6-16(29)13-27/h2-5,7,9-11,16,21-22,29H,6,8,12-13H2,1H3/t16?,21-,22-/m0/s1. The maximum atomic E-state index is 12.0. The van der Waals surface area contributed by atoms with Crippen LogP contribution in [0.5, 0.6) is 5.75 Å². The molecule has 7 nitrogen and oxygen atoms in total. The molecule has 174 valence electrons. The van der Waals surface area contributed by atoms with E-state index >= 15 is 0 Å². The summed E-state index contributed by atoms with van der Waals surface area (Å²) >= 11 is 12.8. The van der Waals surface area contributed by atoms with Crippen LogP contribution >= 0.6 is 23.2 Å². The molecule has 0 radical (unpaired) electrons. The van der Waals surface area contributed by atoms with Crippen molar-refractivity contribution in [3.05, 3.63) is 70.0 Å². The van der Waals surface area contributed by atoms with Gasteiger partial charge in [-0.25, -0.2) is 13.4 Å². The summed E-state index contributed by atoms with van der Waals surface area (Å²) in [6.45, 7) is 1.39. The second-order valence-corrected chi connectivity index (χ2v) is 11.3. The summed E-state index contributed by atoms with van der Waals surface area (Å²) < 4.78 is 32.0. The first-order chi connectivity index (χ1) is 15.7. The first kappa shape index (κ1) is 22.7. The van der Waals surface area contributed by atoms with E-state index in [-0.39, 0.29) is 23.4 Å². The lowest BCUT2D eigenvalue weighted by molar-refractivity contribution is 0.0818. The Labute approximate surface area is 202 Å². The fraction of sp³-hybridized carbons (Fsp3) is 0.348. The van der Waals surface area contributed by atoms with Crippen LogP contribution in [0, 0.1) is 0 Å². The molecule has 33 heavy (non-hydrogen) atoms. The fourth-order valence-electron chi connectivity index (χ4n) is 4.74. The summed E-state index contributed by atoms with van der Waals surface area (Å²) in [6.07, 6.45) is 5.01. The van der Waals surface area contributed by atoms with E-state index in [1.807, 2.05) is 6.07 Å². The Hall–Kier alpha value is -2.10. The number of hydrogen-bond acceptors (Lipinski definition) is 6. The Balaban J connectivity index is 1.45. The molecule has 1 unspecified atom stereocenters. The van der Waals surface area contributed by atoms with Crippen LogP contribution in [-0.4, -0.2) is 59.5 Å². The molecule has 3 atom stereocenters. The molecule has 1 aliphatic heterocycles. The molecular formula is C23H23Cl2N3O4S. The molecular weight excluding hydrogens is 485 g/mol. The number of sulfone groups is 1. The average Bonchev–Trinajstić information content (AvgIpc) is 3.47. The highest BCUT2D eigenvalue weighted by Gasteiger charge is 2.41. The second kappa shape index (κ2) is 8.60. The van der Waals surface area contributed by atoms with Crippen molar-refractivity contribution in [1.29, 1.82) is 0 Å². The zero-order valence-electron chi connectivity index (χ0n) is 17.9. The van der Waals surface area contributed by atoms with Gasteiger partial charge in [-0.1, -0.05) is 23.2 Å². The maximum absolute atomic E-state index is 12.0. The van der Waals surface area contributed by atoms with Gasteiger partial charge in [0, 0.05) is 53.0 Å². The van der Waals surface area contributed by atoms with Gasteiger partial charge in [-0.2, -0.15) is 0 Å². The van der Waals surface area contributed by atoms with E-state index < -0.39 is 9.84 Å². The monoisotopic (exact) mass is 507 g/mol. The minimum atomic E-state index is -3.46. The molecule has 0 amide bonds. The number of imidazole rings is 1. The SMILES string of the molecule is CS(=O)(=O)c1nccn1-c1ccc(O[C@H]2c3cc(Cl)cc(Cl)c3C[C@@H]2N2CCC(O)C2)cc1. The zero-order valence-corrected chi connectivity index (χ0v) is 20.2. The normalized spacial score (nSPS) is 23.1. The third kappa shape index (κ3) is 4.38. The quantitative estimate of drug-likeness (QED) is 0.566. The number of rotatable bonds is 5. The number of β-amino-alcohol motifs (C(OH)–C–C–N with tert-alkyl or cyclic N) is 1. The summed E-state index contributed by atoms with van der Waals surface area (Å²) in [5.41, 5.74) is 2.64. The Bertz CT molecular complexity index is 1290. The number of likely N-dealkylation sites (tertiary alicyclic amines) is 1. The van der Waals surface area contributed by atoms with Gasteiger partial charge in [-0.3, -0.25) is 9.47 Å². The molecule has 2 aliphatic rings. The first-order valence-electron chi connectivity index (χ1n) is 10.6. The largest absolute Gasteiger partial charge is 0.484 e. The highest BCUT2D eigenvalue weighted by Crippen LogP contribution is 2.43. The van der Waals surface area contributed by atoms with Crippen molar-refractivity contribution in [3.63, 3.8) is 0 Å². The number of ether oxygens (including phenoxy) is 1. The molecule has 1 aliphatic carbocycles. The predicted octanol–water partition coefficient (Wildman–Crippen LogP) is 3.69. The maximum Gasteiger partial charge on any atom is 0.231 e. The van der Waals surface area contributed by atoms with Gasteiger partial charge in [-0.15, -0.1) is 0 Å². The lowest BCUT2D eigenvalue weighted by Crippen LogP contribution is -2.39. The Morgan fingerprint density at radius 1 is 1.18 bits per heavy atom. The van der Waals surface area contributed by atoms with Gasteiger partial charge in [0.15, 0.2) is 0 Å². The number of hydrogen-bond donors (Lipinski definition) is 1. The van der Waals surface area contributed by atoms with Crippen molar-refractivity contribution in [1.82, 2.24) is 14.5 Å². The van der Waals surface area contributed by atoms with E-state index in [0.29, 0.717) is 34.4 Å². The van der Waals surface area contributed by atoms with E-state index in [1.54, 1.807) is 36.5 Å². The van der Waals surface area contributed by atoms with Crippen LogP contribution in [0.3, 0.4) is 0 Å². The van der Waals surface area contributed by atoms with Gasteiger partial charge in [0.1, 0.15) is 11.9 Å². The lowest BCUT2D eigenvalue weighted by Gasteiger charge is -2.30. The number of aromatic nitrogens is 2.